The molecule has 0 spiro atoms. The summed E-state index contributed by atoms with van der Waals surface area (Å²) in [6.07, 6.45) is 1.30. The number of amides is 1. The van der Waals surface area contributed by atoms with E-state index in [1.807, 2.05) is 44.2 Å². The number of aromatic nitrogens is 1. The number of guanidine groups is 1. The highest BCUT2D eigenvalue weighted by molar-refractivity contribution is 5.90. The van der Waals surface area contributed by atoms with Gasteiger partial charge in [0.05, 0.1) is 19.3 Å². The molecule has 1 atom stereocenters. The third kappa shape index (κ3) is 6.60. The first-order valence-electron chi connectivity index (χ1n) is 10.8. The molecule has 31 heavy (non-hydrogen) atoms. The predicted molar refractivity (Wildman–Crippen MR) is 125 cm³/mol. The zero-order valence-electron chi connectivity index (χ0n) is 18.5. The highest BCUT2D eigenvalue weighted by atomic mass is 16.5. The third-order valence-corrected chi connectivity index (χ3v) is 5.06. The summed E-state index contributed by atoms with van der Waals surface area (Å²) >= 11 is 0. The fourth-order valence-corrected chi connectivity index (χ4v) is 3.59. The Morgan fingerprint density at radius 2 is 2.10 bits per heavy atom. The minimum Gasteiger partial charge on any atom is -0.495 e. The average Bonchev–Trinajstić information content (AvgIpc) is 3.22. The summed E-state index contributed by atoms with van der Waals surface area (Å²) in [6, 6.07) is 13.9. The monoisotopic (exact) mass is 424 g/mol. The maximum atomic E-state index is 12.2. The molecule has 3 N–H and O–H groups in total. The van der Waals surface area contributed by atoms with Crippen LogP contribution in [-0.4, -0.2) is 56.2 Å². The fraction of sp³-hybridized carbons (Fsp3) is 0.435. The number of carbonyl (C=O) groups is 1. The predicted octanol–water partition coefficient (Wildman–Crippen LogP) is 2.56. The van der Waals surface area contributed by atoms with Crippen LogP contribution >= 0.6 is 0 Å². The first-order chi connectivity index (χ1) is 15.1. The molecule has 2 heterocycles. The van der Waals surface area contributed by atoms with Gasteiger partial charge in [0.2, 0.25) is 5.91 Å². The van der Waals surface area contributed by atoms with Gasteiger partial charge in [-0.05, 0) is 44.5 Å². The van der Waals surface area contributed by atoms with Gasteiger partial charge in [0.25, 0.3) is 0 Å². The summed E-state index contributed by atoms with van der Waals surface area (Å²) in [6.45, 7) is 6.90. The number of hydrogen-bond acceptors (Lipinski definition) is 5. The van der Waals surface area contributed by atoms with Gasteiger partial charge < -0.3 is 25.6 Å². The zero-order valence-corrected chi connectivity index (χ0v) is 18.5. The molecule has 1 amide bonds. The first-order valence-corrected chi connectivity index (χ1v) is 10.8. The number of nitrogens with one attached hydrogen (secondary N) is 3. The Morgan fingerprint density at radius 1 is 1.26 bits per heavy atom. The molecule has 3 rings (SSSR count). The smallest absolute Gasteiger partial charge is 0.227 e. The maximum absolute atomic E-state index is 12.2. The van der Waals surface area contributed by atoms with Crippen LogP contribution in [0, 0.1) is 6.92 Å². The molecular weight excluding hydrogens is 392 g/mol. The summed E-state index contributed by atoms with van der Waals surface area (Å²) in [5.41, 5.74) is 1.98. The van der Waals surface area contributed by atoms with Crippen molar-refractivity contribution in [3.05, 3.63) is 48.2 Å². The number of nitrogens with zero attached hydrogens (tertiary/aromatic N) is 3. The summed E-state index contributed by atoms with van der Waals surface area (Å²) in [7, 11) is 1.70. The minimum atomic E-state index is -0.0964. The Balaban J connectivity index is 1.51. The molecular formula is C23H32N6O2. The van der Waals surface area contributed by atoms with Crippen molar-refractivity contribution in [1.29, 1.82) is 0 Å². The van der Waals surface area contributed by atoms with E-state index in [1.165, 1.54) is 0 Å². The lowest BCUT2D eigenvalue weighted by atomic mass is 10.2. The lowest BCUT2D eigenvalue weighted by Crippen LogP contribution is -2.44. The van der Waals surface area contributed by atoms with Crippen LogP contribution < -0.4 is 25.6 Å². The Hall–Kier alpha value is -3.29. The van der Waals surface area contributed by atoms with Gasteiger partial charge in [0.1, 0.15) is 11.6 Å². The van der Waals surface area contributed by atoms with Crippen LogP contribution in [0.5, 0.6) is 5.75 Å². The summed E-state index contributed by atoms with van der Waals surface area (Å²) < 4.78 is 5.50. The van der Waals surface area contributed by atoms with Crippen LogP contribution in [0.3, 0.4) is 0 Å². The first kappa shape index (κ1) is 22.4. The fourth-order valence-electron chi connectivity index (χ4n) is 3.59. The summed E-state index contributed by atoms with van der Waals surface area (Å²) in [5, 5.41) is 9.58. The Morgan fingerprint density at radius 3 is 2.87 bits per heavy atom. The highest BCUT2D eigenvalue weighted by Gasteiger charge is 2.25. The SMILES string of the molecule is CCNC(=NCCC(=O)Nc1cccc(C)n1)NC1CCN(c2ccccc2OC)C1. The van der Waals surface area contributed by atoms with E-state index >= 15 is 0 Å². The number of rotatable bonds is 8. The minimum absolute atomic E-state index is 0.0964. The van der Waals surface area contributed by atoms with E-state index in [1.54, 1.807) is 13.2 Å². The topological polar surface area (TPSA) is 90.9 Å². The van der Waals surface area contributed by atoms with E-state index in [0.29, 0.717) is 18.8 Å². The van der Waals surface area contributed by atoms with Crippen LogP contribution in [0.1, 0.15) is 25.5 Å². The number of benzene rings is 1. The van der Waals surface area contributed by atoms with Crippen molar-refractivity contribution in [3.8, 4) is 5.75 Å². The van der Waals surface area contributed by atoms with Crippen molar-refractivity contribution in [2.75, 3.05) is 43.5 Å². The van der Waals surface area contributed by atoms with E-state index < -0.39 is 0 Å². The highest BCUT2D eigenvalue weighted by Crippen LogP contribution is 2.30. The van der Waals surface area contributed by atoms with Crippen LogP contribution in [0.25, 0.3) is 0 Å². The van der Waals surface area contributed by atoms with E-state index in [4.69, 9.17) is 4.74 Å². The second-order valence-corrected chi connectivity index (χ2v) is 7.47. The lowest BCUT2D eigenvalue weighted by molar-refractivity contribution is -0.116. The number of ether oxygens (including phenoxy) is 1. The van der Waals surface area contributed by atoms with Gasteiger partial charge in [-0.3, -0.25) is 9.79 Å². The molecule has 1 aromatic carbocycles. The van der Waals surface area contributed by atoms with Crippen LogP contribution in [-0.2, 0) is 4.79 Å². The van der Waals surface area contributed by atoms with Crippen LogP contribution in [0.15, 0.2) is 47.5 Å². The van der Waals surface area contributed by atoms with Gasteiger partial charge in [0.15, 0.2) is 5.96 Å². The van der Waals surface area contributed by atoms with Gasteiger partial charge >= 0.3 is 0 Å². The van der Waals surface area contributed by atoms with Crippen LogP contribution in [0.4, 0.5) is 11.5 Å². The Kier molecular flexibility index (Phi) is 8.09. The zero-order chi connectivity index (χ0) is 22.1. The van der Waals surface area contributed by atoms with E-state index in [9.17, 15) is 4.79 Å². The van der Waals surface area contributed by atoms with Crippen LogP contribution in [0.2, 0.25) is 0 Å². The summed E-state index contributed by atoms with van der Waals surface area (Å²) in [4.78, 5) is 23.4. The molecule has 8 heteroatoms. The lowest BCUT2D eigenvalue weighted by Gasteiger charge is -2.22. The standard InChI is InChI=1S/C23H32N6O2/c1-4-24-23(25-14-12-22(30)28-21-11-7-8-17(2)26-21)27-18-13-15-29(16-18)19-9-5-6-10-20(19)31-3/h5-11,18H,4,12-16H2,1-3H3,(H2,24,25,27)(H,26,28,30). The van der Waals surface area contributed by atoms with Gasteiger partial charge in [-0.15, -0.1) is 0 Å². The van der Waals surface area contributed by atoms with Crippen molar-refractivity contribution >= 4 is 23.4 Å². The van der Waals surface area contributed by atoms with Crippen molar-refractivity contribution in [2.24, 2.45) is 4.99 Å². The molecule has 0 bridgehead atoms. The van der Waals surface area contributed by atoms with Gasteiger partial charge in [-0.1, -0.05) is 18.2 Å². The second kappa shape index (κ2) is 11.2. The van der Waals surface area contributed by atoms with Crippen molar-refractivity contribution in [1.82, 2.24) is 15.6 Å². The van der Waals surface area contributed by atoms with E-state index in [0.717, 1.165) is 49.1 Å². The van der Waals surface area contributed by atoms with Gasteiger partial charge in [0, 0.05) is 37.8 Å². The van der Waals surface area contributed by atoms with Gasteiger partial charge in [-0.2, -0.15) is 0 Å². The largest absolute Gasteiger partial charge is 0.495 e. The quantitative estimate of drug-likeness (QED) is 0.446. The molecule has 1 aliphatic heterocycles. The number of hydrogen-bond donors (Lipinski definition) is 3. The number of aliphatic imine (C=N–C) groups is 1. The number of carbonyl (C=O) groups excluding carboxylic acids is 1. The Bertz CT molecular complexity index is 901. The molecule has 166 valence electrons. The molecule has 1 saturated heterocycles. The summed E-state index contributed by atoms with van der Waals surface area (Å²) in [5.74, 6) is 2.09. The Labute approximate surface area is 184 Å². The number of para-hydroxylation sites is 2. The molecule has 1 unspecified atom stereocenters. The third-order valence-electron chi connectivity index (χ3n) is 5.06. The molecule has 1 aromatic heterocycles. The number of methoxy groups -OCH3 is 1. The van der Waals surface area contributed by atoms with Crippen molar-refractivity contribution < 1.29 is 9.53 Å². The molecule has 0 radical (unpaired) electrons. The average molecular weight is 425 g/mol. The molecule has 0 saturated carbocycles. The number of aryl methyl sites for hydroxylation is 1. The van der Waals surface area contributed by atoms with Crippen molar-refractivity contribution in [3.63, 3.8) is 0 Å². The number of anilines is 2. The van der Waals surface area contributed by atoms with E-state index in [-0.39, 0.29) is 11.9 Å². The molecule has 2 aromatic rings. The molecule has 8 nitrogen and oxygen atoms in total. The van der Waals surface area contributed by atoms with E-state index in [2.05, 4.69) is 36.9 Å². The second-order valence-electron chi connectivity index (χ2n) is 7.47. The number of pyridine rings is 1. The molecule has 1 aliphatic rings. The van der Waals surface area contributed by atoms with Gasteiger partial charge in [-0.25, -0.2) is 4.98 Å². The molecule has 1 fully saturated rings. The van der Waals surface area contributed by atoms with Crippen molar-refractivity contribution in [2.45, 2.75) is 32.7 Å². The maximum Gasteiger partial charge on any atom is 0.227 e. The normalized spacial score (nSPS) is 16.2. The molecule has 0 aliphatic carbocycles.